The molecule has 1 aromatic carbocycles. The van der Waals surface area contributed by atoms with Gasteiger partial charge >= 0.3 is 0 Å². The maximum absolute atomic E-state index is 11.1. The molecule has 0 radical (unpaired) electrons. The van der Waals surface area contributed by atoms with E-state index in [2.05, 4.69) is 40.5 Å². The number of nitrogens with zero attached hydrogens (tertiary/aromatic N) is 4. The van der Waals surface area contributed by atoms with Crippen molar-refractivity contribution in [3.05, 3.63) is 60.6 Å². The van der Waals surface area contributed by atoms with Gasteiger partial charge in [0.25, 0.3) is 0 Å². The van der Waals surface area contributed by atoms with Crippen molar-refractivity contribution >= 4 is 11.6 Å². The molecule has 0 bridgehead atoms. The molecule has 0 fully saturated rings. The van der Waals surface area contributed by atoms with E-state index in [0.717, 1.165) is 22.5 Å². The number of benzene rings is 1. The minimum Gasteiger partial charge on any atom is -0.326 e. The van der Waals surface area contributed by atoms with Crippen LogP contribution in [0.3, 0.4) is 0 Å². The van der Waals surface area contributed by atoms with Gasteiger partial charge < -0.3 is 5.32 Å². The van der Waals surface area contributed by atoms with Crippen molar-refractivity contribution in [1.82, 2.24) is 20.0 Å². The largest absolute Gasteiger partial charge is 0.326 e. The first-order valence-electron chi connectivity index (χ1n) is 8.24. The fraction of sp³-hybridized carbons (Fsp3) is 0.263. The van der Waals surface area contributed by atoms with Crippen molar-refractivity contribution in [2.45, 2.75) is 26.8 Å². The van der Waals surface area contributed by atoms with Gasteiger partial charge in [0.2, 0.25) is 5.91 Å². The molecule has 0 aliphatic carbocycles. The van der Waals surface area contributed by atoms with Gasteiger partial charge in [-0.2, -0.15) is 0 Å². The average molecular weight is 335 g/mol. The quantitative estimate of drug-likeness (QED) is 0.774. The highest BCUT2D eigenvalue weighted by Gasteiger charge is 2.20. The van der Waals surface area contributed by atoms with E-state index in [1.54, 1.807) is 6.20 Å². The number of aromatic nitrogens is 4. The van der Waals surface area contributed by atoms with Crippen LogP contribution in [0, 0.1) is 5.92 Å². The van der Waals surface area contributed by atoms with E-state index in [1.807, 2.05) is 47.4 Å². The number of nitrogens with one attached hydrogen (secondary N) is 1. The van der Waals surface area contributed by atoms with Crippen LogP contribution < -0.4 is 5.32 Å². The van der Waals surface area contributed by atoms with E-state index in [4.69, 9.17) is 0 Å². The zero-order valence-electron chi connectivity index (χ0n) is 14.5. The Hall–Kier alpha value is -3.02. The third-order valence-electron chi connectivity index (χ3n) is 3.95. The van der Waals surface area contributed by atoms with E-state index in [-0.39, 0.29) is 11.9 Å². The molecule has 2 aromatic heterocycles. The van der Waals surface area contributed by atoms with Crippen LogP contribution in [0.15, 0.2) is 55.0 Å². The Kier molecular flexibility index (Phi) is 4.88. The molecule has 1 N–H and O–H groups in total. The Morgan fingerprint density at radius 1 is 1.16 bits per heavy atom. The normalized spacial score (nSPS) is 12.2. The third kappa shape index (κ3) is 3.91. The number of hydrogen-bond donors (Lipinski definition) is 1. The van der Waals surface area contributed by atoms with Gasteiger partial charge in [0.15, 0.2) is 0 Å². The molecule has 2 heterocycles. The molecule has 0 spiro atoms. The van der Waals surface area contributed by atoms with Gasteiger partial charge in [-0.3, -0.25) is 9.78 Å². The highest BCUT2D eigenvalue weighted by molar-refractivity contribution is 5.88. The Bertz CT molecular complexity index is 840. The number of rotatable bonds is 5. The molecule has 3 rings (SSSR count). The number of hydrogen-bond acceptors (Lipinski definition) is 4. The monoisotopic (exact) mass is 335 g/mol. The summed E-state index contributed by atoms with van der Waals surface area (Å²) in [4.78, 5) is 15.3. The smallest absolute Gasteiger partial charge is 0.221 e. The minimum absolute atomic E-state index is 0.0774. The van der Waals surface area contributed by atoms with Gasteiger partial charge in [0.1, 0.15) is 5.69 Å². The van der Waals surface area contributed by atoms with Crippen LogP contribution in [0.4, 0.5) is 5.69 Å². The zero-order valence-corrected chi connectivity index (χ0v) is 14.5. The lowest BCUT2D eigenvalue weighted by atomic mass is 9.98. The summed E-state index contributed by atoms with van der Waals surface area (Å²) in [5.74, 6) is 0.260. The Labute approximate surface area is 146 Å². The van der Waals surface area contributed by atoms with Crippen LogP contribution in [0.2, 0.25) is 0 Å². The first kappa shape index (κ1) is 16.8. The molecule has 3 aromatic rings. The predicted octanol–water partition coefficient (Wildman–Crippen LogP) is 3.54. The molecule has 128 valence electrons. The van der Waals surface area contributed by atoms with Gasteiger partial charge in [-0.15, -0.1) is 5.10 Å². The summed E-state index contributed by atoms with van der Waals surface area (Å²) >= 11 is 0. The summed E-state index contributed by atoms with van der Waals surface area (Å²) in [6.07, 6.45) is 5.59. The van der Waals surface area contributed by atoms with E-state index in [1.165, 1.54) is 6.92 Å². The van der Waals surface area contributed by atoms with Gasteiger partial charge in [-0.1, -0.05) is 37.3 Å². The van der Waals surface area contributed by atoms with Crippen molar-refractivity contribution in [3.63, 3.8) is 0 Å². The summed E-state index contributed by atoms with van der Waals surface area (Å²) in [6.45, 7) is 5.80. The zero-order chi connectivity index (χ0) is 17.8. The highest BCUT2D eigenvalue weighted by Crippen LogP contribution is 2.27. The third-order valence-corrected chi connectivity index (χ3v) is 3.95. The van der Waals surface area contributed by atoms with Crippen LogP contribution in [0.1, 0.15) is 32.4 Å². The number of amides is 1. The first-order chi connectivity index (χ1) is 12.0. The van der Waals surface area contributed by atoms with E-state index in [9.17, 15) is 4.79 Å². The van der Waals surface area contributed by atoms with Crippen molar-refractivity contribution in [2.75, 3.05) is 5.32 Å². The predicted molar refractivity (Wildman–Crippen MR) is 97.0 cm³/mol. The summed E-state index contributed by atoms with van der Waals surface area (Å²) < 4.78 is 1.89. The summed E-state index contributed by atoms with van der Waals surface area (Å²) in [5.41, 5.74) is 3.62. The molecule has 1 atom stereocenters. The van der Waals surface area contributed by atoms with Crippen LogP contribution in [-0.2, 0) is 4.79 Å². The standard InChI is InChI=1S/C19H21N5O/c1-13(2)19(16-5-4-10-20-11-16)24-12-18(22-23-24)15-6-8-17(9-7-15)21-14(3)25/h4-13,19H,1-3H3,(H,21,25)/t19-/m1/s1. The van der Waals surface area contributed by atoms with Crippen LogP contribution in [0.5, 0.6) is 0 Å². The molecule has 25 heavy (non-hydrogen) atoms. The molecule has 6 nitrogen and oxygen atoms in total. The molecule has 6 heteroatoms. The number of carbonyl (C=O) groups is 1. The Balaban J connectivity index is 1.87. The highest BCUT2D eigenvalue weighted by atomic mass is 16.1. The van der Waals surface area contributed by atoms with Crippen LogP contribution in [0.25, 0.3) is 11.3 Å². The second kappa shape index (κ2) is 7.25. The van der Waals surface area contributed by atoms with Crippen molar-refractivity contribution in [2.24, 2.45) is 5.92 Å². The second-order valence-corrected chi connectivity index (χ2v) is 6.32. The van der Waals surface area contributed by atoms with Gasteiger partial charge in [0.05, 0.1) is 12.2 Å². The topological polar surface area (TPSA) is 72.7 Å². The average Bonchev–Trinajstić information content (AvgIpc) is 3.05. The molecule has 0 aliphatic heterocycles. The van der Waals surface area contributed by atoms with Crippen LogP contribution in [-0.4, -0.2) is 25.9 Å². The molecule has 0 saturated carbocycles. The van der Waals surface area contributed by atoms with Gasteiger partial charge in [0, 0.05) is 30.6 Å². The molecule has 0 unspecified atom stereocenters. The first-order valence-corrected chi connectivity index (χ1v) is 8.24. The SMILES string of the molecule is CC(=O)Nc1ccc(-c2cn([C@@H](c3cccnc3)C(C)C)nn2)cc1. The van der Waals surface area contributed by atoms with Crippen molar-refractivity contribution in [3.8, 4) is 11.3 Å². The lowest BCUT2D eigenvalue weighted by Crippen LogP contribution is -2.17. The summed E-state index contributed by atoms with van der Waals surface area (Å²) in [5, 5.41) is 11.4. The molecule has 0 aliphatic rings. The fourth-order valence-corrected chi connectivity index (χ4v) is 2.87. The summed E-state index contributed by atoms with van der Waals surface area (Å²) in [7, 11) is 0. The number of carbonyl (C=O) groups excluding carboxylic acids is 1. The maximum Gasteiger partial charge on any atom is 0.221 e. The van der Waals surface area contributed by atoms with Crippen molar-refractivity contribution in [1.29, 1.82) is 0 Å². The van der Waals surface area contributed by atoms with E-state index in [0.29, 0.717) is 5.92 Å². The van der Waals surface area contributed by atoms with Crippen molar-refractivity contribution < 1.29 is 4.79 Å². The second-order valence-electron chi connectivity index (χ2n) is 6.32. The molecular weight excluding hydrogens is 314 g/mol. The Morgan fingerprint density at radius 3 is 2.52 bits per heavy atom. The summed E-state index contributed by atoms with van der Waals surface area (Å²) in [6, 6.07) is 11.6. The van der Waals surface area contributed by atoms with E-state index >= 15 is 0 Å². The molecule has 1 amide bonds. The van der Waals surface area contributed by atoms with Gasteiger partial charge in [-0.05, 0) is 29.7 Å². The lowest BCUT2D eigenvalue weighted by Gasteiger charge is -2.20. The maximum atomic E-state index is 11.1. The van der Waals surface area contributed by atoms with Crippen LogP contribution >= 0.6 is 0 Å². The van der Waals surface area contributed by atoms with E-state index < -0.39 is 0 Å². The lowest BCUT2D eigenvalue weighted by molar-refractivity contribution is -0.114. The van der Waals surface area contributed by atoms with Gasteiger partial charge in [-0.25, -0.2) is 4.68 Å². The fourth-order valence-electron chi connectivity index (χ4n) is 2.87. The number of pyridine rings is 1. The minimum atomic E-state index is -0.0880. The molecular formula is C19H21N5O. The molecule has 0 saturated heterocycles. The number of anilines is 1. The Morgan fingerprint density at radius 2 is 1.92 bits per heavy atom.